The van der Waals surface area contributed by atoms with Crippen molar-refractivity contribution >= 4 is 6.09 Å². The zero-order valence-corrected chi connectivity index (χ0v) is 15.8. The fraction of sp³-hybridized carbons (Fsp3) is 0.650. The number of hydrogen-bond donors (Lipinski definition) is 1. The number of rotatable bonds is 4. The number of nitrogens with one attached hydrogen (secondary N) is 1. The minimum absolute atomic E-state index is 0.0336. The van der Waals surface area contributed by atoms with Crippen LogP contribution in [0.15, 0.2) is 30.3 Å². The van der Waals surface area contributed by atoms with Crippen LogP contribution in [0.5, 0.6) is 0 Å². The van der Waals surface area contributed by atoms with Crippen molar-refractivity contribution in [3.05, 3.63) is 35.9 Å². The van der Waals surface area contributed by atoms with Crippen molar-refractivity contribution in [1.29, 1.82) is 0 Å². The summed E-state index contributed by atoms with van der Waals surface area (Å²) in [5.41, 5.74) is 0.951. The second-order valence-electron chi connectivity index (χ2n) is 8.42. The van der Waals surface area contributed by atoms with Gasteiger partial charge in [-0.15, -0.1) is 0 Å². The number of benzene rings is 1. The summed E-state index contributed by atoms with van der Waals surface area (Å²) < 4.78 is 5.51. The van der Waals surface area contributed by atoms with Crippen LogP contribution in [0.3, 0.4) is 0 Å². The summed E-state index contributed by atoms with van der Waals surface area (Å²) in [6, 6.07) is 11.0. The van der Waals surface area contributed by atoms with E-state index in [1.807, 2.05) is 31.7 Å². The van der Waals surface area contributed by atoms with E-state index in [1.54, 1.807) is 0 Å². The number of amides is 1. The molecule has 0 spiro atoms. The first kappa shape index (κ1) is 18.8. The number of hydrogen-bond acceptors (Lipinski definition) is 3. The van der Waals surface area contributed by atoms with Crippen LogP contribution in [0.25, 0.3) is 0 Å². The molecule has 1 aromatic carbocycles. The van der Waals surface area contributed by atoms with Crippen LogP contribution in [-0.4, -0.2) is 42.3 Å². The van der Waals surface area contributed by atoms with Crippen LogP contribution in [-0.2, 0) is 11.2 Å². The van der Waals surface area contributed by atoms with E-state index in [0.717, 1.165) is 32.5 Å². The van der Waals surface area contributed by atoms with Crippen LogP contribution < -0.4 is 5.32 Å². The van der Waals surface area contributed by atoms with Gasteiger partial charge in [0.05, 0.1) is 0 Å². The summed E-state index contributed by atoms with van der Waals surface area (Å²) in [4.78, 5) is 14.1. The lowest BCUT2D eigenvalue weighted by molar-refractivity contribution is 0.00232. The number of piperidine rings is 1. The van der Waals surface area contributed by atoms with Crippen LogP contribution >= 0.6 is 0 Å². The van der Waals surface area contributed by atoms with Gasteiger partial charge in [0.1, 0.15) is 5.60 Å². The van der Waals surface area contributed by atoms with Gasteiger partial charge in [0, 0.05) is 19.1 Å². The van der Waals surface area contributed by atoms with Gasteiger partial charge >= 0.3 is 6.09 Å². The van der Waals surface area contributed by atoms with E-state index in [-0.39, 0.29) is 11.5 Å². The van der Waals surface area contributed by atoms with Gasteiger partial charge in [0.2, 0.25) is 0 Å². The van der Waals surface area contributed by atoms with E-state index >= 15 is 0 Å². The summed E-state index contributed by atoms with van der Waals surface area (Å²) in [5, 5.41) is 3.69. The molecule has 2 rings (SSSR count). The highest BCUT2D eigenvalue weighted by Gasteiger charge is 2.38. The fourth-order valence-electron chi connectivity index (χ4n) is 3.25. The Morgan fingerprint density at radius 1 is 1.29 bits per heavy atom. The second kappa shape index (κ2) is 7.56. The zero-order chi connectivity index (χ0) is 17.8. The van der Waals surface area contributed by atoms with E-state index in [2.05, 4.69) is 43.4 Å². The Morgan fingerprint density at radius 3 is 2.54 bits per heavy atom. The standard InChI is InChI=1S/C20H32N2O2/c1-19(2,3)24-18(23)22-14-12-17(20(4,5)15-22)21-13-11-16-9-7-6-8-10-16/h6-10,17,21H,11-15H2,1-5H3. The first-order valence-corrected chi connectivity index (χ1v) is 8.93. The number of carbonyl (C=O) groups is 1. The molecule has 1 N–H and O–H groups in total. The van der Waals surface area contributed by atoms with Crippen LogP contribution in [0, 0.1) is 5.41 Å². The SMILES string of the molecule is CC(C)(C)OC(=O)N1CCC(NCCc2ccccc2)C(C)(C)C1. The maximum Gasteiger partial charge on any atom is 0.410 e. The topological polar surface area (TPSA) is 41.6 Å². The molecule has 0 aliphatic carbocycles. The van der Waals surface area contributed by atoms with Crippen molar-refractivity contribution in [2.45, 2.75) is 59.1 Å². The first-order chi connectivity index (χ1) is 11.2. The molecule has 1 aromatic rings. The summed E-state index contributed by atoms with van der Waals surface area (Å²) >= 11 is 0. The molecule has 134 valence electrons. The molecular formula is C20H32N2O2. The van der Waals surface area contributed by atoms with Gasteiger partial charge in [-0.2, -0.15) is 0 Å². The fourth-order valence-corrected chi connectivity index (χ4v) is 3.25. The Kier molecular flexibility index (Phi) is 5.92. The lowest BCUT2D eigenvalue weighted by atomic mass is 9.79. The average Bonchev–Trinajstić information content (AvgIpc) is 2.47. The molecule has 1 unspecified atom stereocenters. The quantitative estimate of drug-likeness (QED) is 0.910. The van der Waals surface area contributed by atoms with Crippen molar-refractivity contribution in [2.24, 2.45) is 5.41 Å². The monoisotopic (exact) mass is 332 g/mol. The highest BCUT2D eigenvalue weighted by atomic mass is 16.6. The van der Waals surface area contributed by atoms with E-state index in [0.29, 0.717) is 6.04 Å². The third kappa shape index (κ3) is 5.52. The number of ether oxygens (including phenoxy) is 1. The highest BCUT2D eigenvalue weighted by molar-refractivity contribution is 5.68. The van der Waals surface area contributed by atoms with Gasteiger partial charge in [0.25, 0.3) is 0 Å². The molecule has 1 heterocycles. The molecule has 1 atom stereocenters. The van der Waals surface area contributed by atoms with E-state index < -0.39 is 5.60 Å². The van der Waals surface area contributed by atoms with Gasteiger partial charge in [-0.25, -0.2) is 4.79 Å². The first-order valence-electron chi connectivity index (χ1n) is 8.93. The molecule has 0 saturated carbocycles. The molecule has 1 aliphatic heterocycles. The zero-order valence-electron chi connectivity index (χ0n) is 15.8. The van der Waals surface area contributed by atoms with Gasteiger partial charge in [0.15, 0.2) is 0 Å². The summed E-state index contributed by atoms with van der Waals surface area (Å²) in [5.74, 6) is 0. The Morgan fingerprint density at radius 2 is 1.96 bits per heavy atom. The largest absolute Gasteiger partial charge is 0.444 e. The highest BCUT2D eigenvalue weighted by Crippen LogP contribution is 2.30. The lowest BCUT2D eigenvalue weighted by Gasteiger charge is -2.44. The molecule has 0 aromatic heterocycles. The Bertz CT molecular complexity index is 534. The van der Waals surface area contributed by atoms with Gasteiger partial charge in [-0.1, -0.05) is 44.2 Å². The molecule has 0 radical (unpaired) electrons. The third-order valence-electron chi connectivity index (χ3n) is 4.53. The molecule has 24 heavy (non-hydrogen) atoms. The predicted molar refractivity (Wildman–Crippen MR) is 98.1 cm³/mol. The normalized spacial score (nSPS) is 20.7. The van der Waals surface area contributed by atoms with Gasteiger partial charge in [-0.3, -0.25) is 0 Å². The van der Waals surface area contributed by atoms with Crippen molar-refractivity contribution in [2.75, 3.05) is 19.6 Å². The van der Waals surface area contributed by atoms with Gasteiger partial charge < -0.3 is 15.0 Å². The summed E-state index contributed by atoms with van der Waals surface area (Å²) in [6.45, 7) is 12.6. The van der Waals surface area contributed by atoms with Crippen molar-refractivity contribution in [1.82, 2.24) is 10.2 Å². The third-order valence-corrected chi connectivity index (χ3v) is 4.53. The minimum Gasteiger partial charge on any atom is -0.444 e. The van der Waals surface area contributed by atoms with Gasteiger partial charge in [-0.05, 0) is 51.1 Å². The van der Waals surface area contributed by atoms with Crippen molar-refractivity contribution in [3.8, 4) is 0 Å². The molecule has 1 saturated heterocycles. The molecule has 1 amide bonds. The van der Waals surface area contributed by atoms with E-state index in [1.165, 1.54) is 5.56 Å². The maximum atomic E-state index is 12.3. The molecule has 4 nitrogen and oxygen atoms in total. The molecular weight excluding hydrogens is 300 g/mol. The van der Waals surface area contributed by atoms with Crippen molar-refractivity contribution < 1.29 is 9.53 Å². The smallest absolute Gasteiger partial charge is 0.410 e. The number of nitrogens with zero attached hydrogens (tertiary/aromatic N) is 1. The Hall–Kier alpha value is -1.55. The van der Waals surface area contributed by atoms with E-state index in [9.17, 15) is 4.79 Å². The number of carbonyl (C=O) groups excluding carboxylic acids is 1. The lowest BCUT2D eigenvalue weighted by Crippen LogP contribution is -2.56. The summed E-state index contributed by atoms with van der Waals surface area (Å²) in [7, 11) is 0. The van der Waals surface area contributed by atoms with E-state index in [4.69, 9.17) is 4.74 Å². The maximum absolute atomic E-state index is 12.3. The molecule has 1 aliphatic rings. The Labute approximate surface area is 146 Å². The minimum atomic E-state index is -0.438. The predicted octanol–water partition coefficient (Wildman–Crippen LogP) is 3.85. The molecule has 4 heteroatoms. The Balaban J connectivity index is 1.83. The van der Waals surface area contributed by atoms with Crippen LogP contribution in [0.4, 0.5) is 4.79 Å². The van der Waals surface area contributed by atoms with Crippen LogP contribution in [0.1, 0.15) is 46.6 Å². The van der Waals surface area contributed by atoms with Crippen molar-refractivity contribution in [3.63, 3.8) is 0 Å². The summed E-state index contributed by atoms with van der Waals surface area (Å²) in [6.07, 6.45) is 1.79. The second-order valence-corrected chi connectivity index (χ2v) is 8.42. The average molecular weight is 332 g/mol. The number of likely N-dealkylation sites (tertiary alicyclic amines) is 1. The molecule has 0 bridgehead atoms. The molecule has 1 fully saturated rings. The van der Waals surface area contributed by atoms with Crippen LogP contribution in [0.2, 0.25) is 0 Å².